The molecule has 2 atom stereocenters. The average molecular weight is 553 g/mol. The number of anilines is 1. The SMILES string of the molecule is COC(=O)[C@@H]1[C@H](Cc2ccc(OCCc3nc(-c4ccccc4)oc3C)cc2)C(=O)N1c1ccc(C(C)(C)C)cc1. The molecule has 1 amide bonds. The van der Waals surface area contributed by atoms with Crippen molar-refractivity contribution < 1.29 is 23.5 Å². The third-order valence-electron chi connectivity index (χ3n) is 7.57. The summed E-state index contributed by atoms with van der Waals surface area (Å²) >= 11 is 0. The second-order valence-electron chi connectivity index (χ2n) is 11.4. The van der Waals surface area contributed by atoms with E-state index in [2.05, 4.69) is 25.8 Å². The average Bonchev–Trinajstić information content (AvgIpc) is 3.35. The van der Waals surface area contributed by atoms with Gasteiger partial charge in [-0.3, -0.25) is 9.69 Å². The molecular formula is C34H36N2O5. The van der Waals surface area contributed by atoms with Crippen LogP contribution in [0.15, 0.2) is 83.3 Å². The largest absolute Gasteiger partial charge is 0.493 e. The van der Waals surface area contributed by atoms with Gasteiger partial charge in [-0.15, -0.1) is 0 Å². The minimum atomic E-state index is -0.657. The molecule has 2 heterocycles. The Kier molecular flexibility index (Phi) is 7.97. The summed E-state index contributed by atoms with van der Waals surface area (Å²) in [7, 11) is 1.36. The highest BCUT2D eigenvalue weighted by Crippen LogP contribution is 2.37. The minimum absolute atomic E-state index is 0.00136. The van der Waals surface area contributed by atoms with Crippen molar-refractivity contribution in [3.8, 4) is 17.2 Å². The van der Waals surface area contributed by atoms with Gasteiger partial charge < -0.3 is 13.9 Å². The van der Waals surface area contributed by atoms with Crippen LogP contribution in [-0.4, -0.2) is 36.6 Å². The molecule has 0 spiro atoms. The number of benzene rings is 3. The first-order chi connectivity index (χ1) is 19.7. The molecule has 1 aliphatic rings. The maximum Gasteiger partial charge on any atom is 0.329 e. The van der Waals surface area contributed by atoms with Gasteiger partial charge in [-0.2, -0.15) is 0 Å². The Morgan fingerprint density at radius 2 is 1.66 bits per heavy atom. The van der Waals surface area contributed by atoms with E-state index in [1.165, 1.54) is 7.11 Å². The van der Waals surface area contributed by atoms with E-state index in [1.807, 2.05) is 85.8 Å². The Morgan fingerprint density at radius 1 is 0.976 bits per heavy atom. The topological polar surface area (TPSA) is 81.9 Å². The van der Waals surface area contributed by atoms with Gasteiger partial charge in [0, 0.05) is 17.7 Å². The fourth-order valence-corrected chi connectivity index (χ4v) is 5.15. The summed E-state index contributed by atoms with van der Waals surface area (Å²) in [4.78, 5) is 32.1. The zero-order valence-corrected chi connectivity index (χ0v) is 24.2. The van der Waals surface area contributed by atoms with Gasteiger partial charge in [0.1, 0.15) is 17.6 Å². The Bertz CT molecular complexity index is 1500. The van der Waals surface area contributed by atoms with E-state index in [0.29, 0.717) is 31.0 Å². The third kappa shape index (κ3) is 6.04. The number of esters is 1. The third-order valence-corrected chi connectivity index (χ3v) is 7.57. The number of aromatic nitrogens is 1. The van der Waals surface area contributed by atoms with E-state index in [-0.39, 0.29) is 11.3 Å². The van der Waals surface area contributed by atoms with Crippen molar-refractivity contribution in [2.45, 2.75) is 52.0 Å². The quantitative estimate of drug-likeness (QED) is 0.179. The lowest BCUT2D eigenvalue weighted by atomic mass is 9.81. The van der Waals surface area contributed by atoms with E-state index in [1.54, 1.807) is 4.90 Å². The highest BCUT2D eigenvalue weighted by molar-refractivity contribution is 6.10. The molecule has 1 fully saturated rings. The van der Waals surface area contributed by atoms with Gasteiger partial charge in [0.15, 0.2) is 0 Å². The van der Waals surface area contributed by atoms with Gasteiger partial charge in [-0.25, -0.2) is 9.78 Å². The number of rotatable bonds is 9. The van der Waals surface area contributed by atoms with Crippen LogP contribution in [0.25, 0.3) is 11.5 Å². The van der Waals surface area contributed by atoms with Crippen LogP contribution in [0.4, 0.5) is 5.69 Å². The van der Waals surface area contributed by atoms with Crippen molar-refractivity contribution in [1.29, 1.82) is 0 Å². The van der Waals surface area contributed by atoms with E-state index in [9.17, 15) is 9.59 Å². The maximum atomic E-state index is 13.2. The fourth-order valence-electron chi connectivity index (χ4n) is 5.15. The smallest absolute Gasteiger partial charge is 0.329 e. The molecule has 1 aliphatic heterocycles. The van der Waals surface area contributed by atoms with Crippen LogP contribution in [0.3, 0.4) is 0 Å². The van der Waals surface area contributed by atoms with Gasteiger partial charge in [-0.1, -0.05) is 63.2 Å². The number of hydrogen-bond acceptors (Lipinski definition) is 6. The normalized spacial score (nSPS) is 16.8. The molecule has 1 saturated heterocycles. The Morgan fingerprint density at radius 3 is 2.29 bits per heavy atom. The van der Waals surface area contributed by atoms with Crippen LogP contribution in [0.5, 0.6) is 5.75 Å². The number of nitrogens with zero attached hydrogens (tertiary/aromatic N) is 2. The first kappa shape index (κ1) is 28.1. The van der Waals surface area contributed by atoms with Crippen molar-refractivity contribution in [2.75, 3.05) is 18.6 Å². The van der Waals surface area contributed by atoms with Gasteiger partial charge in [0.25, 0.3) is 0 Å². The molecule has 0 bridgehead atoms. The fraction of sp³-hybridized carbons (Fsp3) is 0.324. The van der Waals surface area contributed by atoms with Crippen LogP contribution in [0, 0.1) is 12.8 Å². The lowest BCUT2D eigenvalue weighted by molar-refractivity contribution is -0.152. The number of ether oxygens (including phenoxy) is 2. The molecule has 4 aromatic rings. The monoisotopic (exact) mass is 552 g/mol. The van der Waals surface area contributed by atoms with E-state index in [4.69, 9.17) is 13.9 Å². The standard InChI is InChI=1S/C34H36N2O5/c1-22-29(35-31(41-22)24-9-7-6-8-10-24)19-20-40-27-17-11-23(12-18-27)21-28-30(33(38)39-5)36(32(28)37)26-15-13-25(14-16-26)34(2,3)4/h6-18,28,30H,19-21H2,1-5H3/t28-,30-/m0/s1. The number of amides is 1. The molecule has 0 N–H and O–H groups in total. The molecule has 0 unspecified atom stereocenters. The Hall–Kier alpha value is -4.39. The molecule has 7 nitrogen and oxygen atoms in total. The van der Waals surface area contributed by atoms with Crippen molar-refractivity contribution in [3.63, 3.8) is 0 Å². The number of methoxy groups -OCH3 is 1. The van der Waals surface area contributed by atoms with Crippen molar-refractivity contribution in [1.82, 2.24) is 4.98 Å². The summed E-state index contributed by atoms with van der Waals surface area (Å²) in [5, 5.41) is 0. The highest BCUT2D eigenvalue weighted by Gasteiger charge is 2.52. The molecule has 1 aromatic heterocycles. The molecular weight excluding hydrogens is 516 g/mol. The van der Waals surface area contributed by atoms with Crippen LogP contribution in [0.1, 0.15) is 43.4 Å². The lowest BCUT2D eigenvalue weighted by Gasteiger charge is -2.45. The molecule has 212 valence electrons. The first-order valence-electron chi connectivity index (χ1n) is 13.9. The summed E-state index contributed by atoms with van der Waals surface area (Å²) in [6.45, 7) is 8.78. The zero-order valence-electron chi connectivity index (χ0n) is 24.2. The number of oxazole rings is 1. The summed E-state index contributed by atoms with van der Waals surface area (Å²) in [5.74, 6) is 1.15. The van der Waals surface area contributed by atoms with Gasteiger partial charge >= 0.3 is 5.97 Å². The second kappa shape index (κ2) is 11.6. The highest BCUT2D eigenvalue weighted by atomic mass is 16.5. The molecule has 0 radical (unpaired) electrons. The zero-order chi connectivity index (χ0) is 29.1. The minimum Gasteiger partial charge on any atom is -0.493 e. The van der Waals surface area contributed by atoms with Gasteiger partial charge in [-0.05, 0) is 66.3 Å². The van der Waals surface area contributed by atoms with Crippen molar-refractivity contribution >= 4 is 17.6 Å². The number of hydrogen-bond donors (Lipinski definition) is 0. The van der Waals surface area contributed by atoms with Crippen molar-refractivity contribution in [2.24, 2.45) is 5.92 Å². The van der Waals surface area contributed by atoms with E-state index in [0.717, 1.165) is 33.9 Å². The van der Waals surface area contributed by atoms with Gasteiger partial charge in [0.2, 0.25) is 11.8 Å². The van der Waals surface area contributed by atoms with Crippen LogP contribution in [0.2, 0.25) is 0 Å². The molecule has 5 rings (SSSR count). The molecule has 41 heavy (non-hydrogen) atoms. The van der Waals surface area contributed by atoms with E-state index >= 15 is 0 Å². The number of β-lactam (4-membered cyclic amide) rings is 1. The predicted molar refractivity (Wildman–Crippen MR) is 158 cm³/mol. The number of aryl methyl sites for hydroxylation is 1. The second-order valence-corrected chi connectivity index (χ2v) is 11.4. The molecule has 7 heteroatoms. The maximum absolute atomic E-state index is 13.2. The van der Waals surface area contributed by atoms with Crippen LogP contribution < -0.4 is 9.64 Å². The Balaban J connectivity index is 1.19. The molecule has 3 aromatic carbocycles. The number of carbonyl (C=O) groups excluding carboxylic acids is 2. The predicted octanol–water partition coefficient (Wildman–Crippen LogP) is 6.32. The van der Waals surface area contributed by atoms with Crippen molar-refractivity contribution in [3.05, 3.63) is 101 Å². The lowest BCUT2D eigenvalue weighted by Crippen LogP contribution is -2.65. The molecule has 0 saturated carbocycles. The summed E-state index contributed by atoms with van der Waals surface area (Å²) in [6.07, 6.45) is 1.06. The van der Waals surface area contributed by atoms with Crippen LogP contribution >= 0.6 is 0 Å². The van der Waals surface area contributed by atoms with Crippen LogP contribution in [-0.2, 0) is 32.6 Å². The van der Waals surface area contributed by atoms with E-state index < -0.39 is 17.9 Å². The molecule has 0 aliphatic carbocycles. The summed E-state index contributed by atoms with van der Waals surface area (Å²) in [6, 6.07) is 24.6. The van der Waals surface area contributed by atoms with Gasteiger partial charge in [0.05, 0.1) is 25.3 Å². The Labute approximate surface area is 241 Å². The number of carbonyl (C=O) groups is 2. The summed E-state index contributed by atoms with van der Waals surface area (Å²) < 4.78 is 16.9. The summed E-state index contributed by atoms with van der Waals surface area (Å²) in [5.41, 5.74) is 4.63. The first-order valence-corrected chi connectivity index (χ1v) is 13.9.